The average molecular weight is 959 g/mol. The van der Waals surface area contributed by atoms with Crippen molar-refractivity contribution in [3.63, 3.8) is 0 Å². The summed E-state index contributed by atoms with van der Waals surface area (Å²) < 4.78 is 97.1. The zero-order chi connectivity index (χ0) is 48.2. The third kappa shape index (κ3) is 12.8. The normalized spacial score (nSPS) is 20.0. The molecule has 24 heteroatoms. The molecule has 3 aliphatic rings. The van der Waals surface area contributed by atoms with Gasteiger partial charge >= 0.3 is 17.9 Å². The van der Waals surface area contributed by atoms with Crippen LogP contribution in [-0.4, -0.2) is 138 Å². The van der Waals surface area contributed by atoms with Crippen molar-refractivity contribution >= 4 is 65.8 Å². The highest BCUT2D eigenvalue weighted by atomic mass is 32.2. The first-order valence-electron chi connectivity index (χ1n) is 20.1. The minimum Gasteiger partial charge on any atom is -0.481 e. The standard InChI is InChI=1S/C40H54N4O17S3/c1-39(2)30(10-8-11-31-40(3,4)34-27(38(51)52)21-25(37(49)50)23-29(34)44(31)16-9-17-62(53,54)55)43(15-7-5-6-12-32(45)46)28-22-24(35(47)41-13-18-63(56,57)58)20-26(33(28)39)36(48)42-14-19-64(59,60)61/h8,10-11,20,22-23,27,31H,5-7,9,12-19,21H2,1-4H3,(H,41,47)(H,42,48)(H,45,46)(H,49,50)(H,51,52)(H,53,54,55)(H,56,57,58)(H,59,60,61). The summed E-state index contributed by atoms with van der Waals surface area (Å²) in [5, 5.41) is 34.2. The van der Waals surface area contributed by atoms with Crippen LogP contribution in [0.5, 0.6) is 0 Å². The topological polar surface area (TPSA) is 340 Å². The Labute approximate surface area is 371 Å². The molecule has 1 aromatic carbocycles. The van der Waals surface area contributed by atoms with Crippen LogP contribution in [0.1, 0.15) is 92.5 Å². The van der Waals surface area contributed by atoms with Gasteiger partial charge in [0.05, 0.1) is 29.2 Å². The highest BCUT2D eigenvalue weighted by Crippen LogP contribution is 2.53. The first-order chi connectivity index (χ1) is 29.5. The Morgan fingerprint density at radius 1 is 0.781 bits per heavy atom. The summed E-state index contributed by atoms with van der Waals surface area (Å²) in [6.45, 7) is 6.26. The predicted molar refractivity (Wildman–Crippen MR) is 231 cm³/mol. The van der Waals surface area contributed by atoms with Crippen LogP contribution in [0.2, 0.25) is 0 Å². The van der Waals surface area contributed by atoms with Crippen molar-refractivity contribution in [3.8, 4) is 0 Å². The number of hydrogen-bond acceptors (Lipinski definition) is 13. The fraction of sp³-hybridized carbons (Fsp3) is 0.525. The maximum atomic E-state index is 13.9. The summed E-state index contributed by atoms with van der Waals surface area (Å²) in [6.07, 6.45) is 7.15. The van der Waals surface area contributed by atoms with Crippen molar-refractivity contribution in [2.24, 2.45) is 11.3 Å². The highest BCUT2D eigenvalue weighted by Gasteiger charge is 2.51. The van der Waals surface area contributed by atoms with Crippen LogP contribution < -0.4 is 15.5 Å². The van der Waals surface area contributed by atoms with E-state index in [0.717, 1.165) is 0 Å². The number of anilines is 1. The lowest BCUT2D eigenvalue weighted by Gasteiger charge is -2.35. The molecule has 0 radical (unpaired) electrons. The molecule has 0 bridgehead atoms. The number of carboxylic acids is 3. The number of nitrogens with one attached hydrogen (secondary N) is 2. The lowest BCUT2D eigenvalue weighted by atomic mass is 9.70. The second-order valence-electron chi connectivity index (χ2n) is 16.8. The van der Waals surface area contributed by atoms with E-state index in [1.165, 1.54) is 18.2 Å². The van der Waals surface area contributed by atoms with Gasteiger partial charge in [-0.2, -0.15) is 25.3 Å². The number of nitrogens with zero attached hydrogens (tertiary/aromatic N) is 2. The van der Waals surface area contributed by atoms with Crippen molar-refractivity contribution < 1.29 is 78.2 Å². The van der Waals surface area contributed by atoms with Crippen LogP contribution in [0.25, 0.3) is 0 Å². The Kier molecular flexibility index (Phi) is 16.0. The Morgan fingerprint density at radius 2 is 1.38 bits per heavy atom. The van der Waals surface area contributed by atoms with Gasteiger partial charge in [0, 0.05) is 82.8 Å². The number of amides is 2. The van der Waals surface area contributed by atoms with Crippen LogP contribution in [0.3, 0.4) is 0 Å². The maximum absolute atomic E-state index is 13.9. The first-order valence-corrected chi connectivity index (χ1v) is 25.0. The van der Waals surface area contributed by atoms with Crippen molar-refractivity contribution in [3.05, 3.63) is 75.7 Å². The van der Waals surface area contributed by atoms with E-state index in [4.69, 9.17) is 0 Å². The zero-order valence-corrected chi connectivity index (χ0v) is 38.1. The Bertz CT molecular complexity index is 2520. The molecule has 1 aliphatic carbocycles. The number of hydrogen-bond donors (Lipinski definition) is 8. The molecule has 4 rings (SSSR count). The first kappa shape index (κ1) is 51.5. The maximum Gasteiger partial charge on any atom is 0.331 e. The molecule has 0 fully saturated rings. The molecule has 8 N–H and O–H groups in total. The number of carbonyl (C=O) groups is 5. The molecule has 1 aromatic rings. The second kappa shape index (κ2) is 19.9. The molecule has 2 atom stereocenters. The molecule has 64 heavy (non-hydrogen) atoms. The van der Waals surface area contributed by atoms with E-state index in [1.807, 2.05) is 0 Å². The van der Waals surface area contributed by atoms with Gasteiger partial charge in [-0.25, -0.2) is 4.79 Å². The number of carboxylic acid groups (broad SMARTS) is 3. The zero-order valence-electron chi connectivity index (χ0n) is 35.6. The van der Waals surface area contributed by atoms with Crippen LogP contribution in [-0.2, 0) is 50.2 Å². The van der Waals surface area contributed by atoms with E-state index in [-0.39, 0.29) is 49.1 Å². The number of unbranched alkanes of at least 4 members (excludes halogenated alkanes) is 2. The average Bonchev–Trinajstić information content (AvgIpc) is 3.50. The Hall–Kier alpha value is -5.14. The second-order valence-corrected chi connectivity index (χ2v) is 21.5. The van der Waals surface area contributed by atoms with Gasteiger partial charge < -0.3 is 35.8 Å². The van der Waals surface area contributed by atoms with E-state index < -0.39 is 113 Å². The quantitative estimate of drug-likeness (QED) is 0.0611. The summed E-state index contributed by atoms with van der Waals surface area (Å²) in [5.74, 6) is -8.75. The largest absolute Gasteiger partial charge is 0.481 e. The number of allylic oxidation sites excluding steroid dienone is 4. The lowest BCUT2D eigenvalue weighted by molar-refractivity contribution is -0.141. The van der Waals surface area contributed by atoms with Crippen LogP contribution in [0.4, 0.5) is 5.69 Å². The lowest BCUT2D eigenvalue weighted by Crippen LogP contribution is -2.38. The molecular formula is C40H54N4O17S3. The summed E-state index contributed by atoms with van der Waals surface area (Å²) in [5.41, 5.74) is -0.493. The monoisotopic (exact) mass is 958 g/mol. The van der Waals surface area contributed by atoms with Gasteiger partial charge in [0.15, 0.2) is 0 Å². The van der Waals surface area contributed by atoms with Gasteiger partial charge in [-0.15, -0.1) is 0 Å². The predicted octanol–water partition coefficient (Wildman–Crippen LogP) is 2.46. The molecule has 0 saturated carbocycles. The van der Waals surface area contributed by atoms with E-state index in [9.17, 15) is 78.2 Å². The van der Waals surface area contributed by atoms with Crippen molar-refractivity contribution in [1.29, 1.82) is 0 Å². The minimum absolute atomic E-state index is 0.0338. The Balaban J connectivity index is 1.89. The van der Waals surface area contributed by atoms with Crippen LogP contribution in [0, 0.1) is 11.3 Å². The molecule has 0 spiro atoms. The SMILES string of the molecule is CC1(C)C(=CC=CC2N(CCCS(=O)(=O)O)C3=C(C(C(=O)O)CC(C(=O)O)=C3)C2(C)C)N(CCCCCC(=O)O)c2cc(C(=O)NCCS(=O)(=O)O)cc(C(=O)NCCS(=O)(=O)O)c21. The van der Waals surface area contributed by atoms with E-state index in [0.29, 0.717) is 47.5 Å². The molecule has 0 saturated heterocycles. The number of benzene rings is 1. The van der Waals surface area contributed by atoms with Crippen molar-refractivity contribution in [2.45, 2.75) is 77.7 Å². The smallest absolute Gasteiger partial charge is 0.331 e. The van der Waals surface area contributed by atoms with E-state index >= 15 is 0 Å². The highest BCUT2D eigenvalue weighted by molar-refractivity contribution is 7.86. The van der Waals surface area contributed by atoms with Gasteiger partial charge in [0.25, 0.3) is 42.2 Å². The molecule has 354 valence electrons. The van der Waals surface area contributed by atoms with E-state index in [1.54, 1.807) is 55.7 Å². The number of fused-ring (bicyclic) bond motifs is 1. The summed E-state index contributed by atoms with van der Waals surface area (Å²) in [6, 6.07) is 1.99. The fourth-order valence-electron chi connectivity index (χ4n) is 8.60. The molecule has 2 amide bonds. The molecule has 2 heterocycles. The number of carbonyl (C=O) groups excluding carboxylic acids is 2. The van der Waals surface area contributed by atoms with Crippen LogP contribution >= 0.6 is 0 Å². The van der Waals surface area contributed by atoms with Gasteiger partial charge in [-0.05, 0) is 55.5 Å². The Morgan fingerprint density at radius 3 is 1.92 bits per heavy atom. The summed E-state index contributed by atoms with van der Waals surface area (Å²) >= 11 is 0. The van der Waals surface area contributed by atoms with Crippen molar-refractivity contribution in [2.75, 3.05) is 48.3 Å². The van der Waals surface area contributed by atoms with Crippen molar-refractivity contribution in [1.82, 2.24) is 15.5 Å². The summed E-state index contributed by atoms with van der Waals surface area (Å²) in [7, 11) is -13.4. The third-order valence-corrected chi connectivity index (χ3v) is 13.6. The molecule has 2 unspecified atom stereocenters. The van der Waals surface area contributed by atoms with Crippen LogP contribution in [0.15, 0.2) is 59.0 Å². The number of aliphatic carboxylic acids is 3. The number of rotatable bonds is 22. The molecule has 0 aromatic heterocycles. The molecule has 2 aliphatic heterocycles. The third-order valence-electron chi connectivity index (χ3n) is 11.4. The van der Waals surface area contributed by atoms with Gasteiger partial charge in [0.2, 0.25) is 0 Å². The van der Waals surface area contributed by atoms with E-state index in [2.05, 4.69) is 10.6 Å². The summed E-state index contributed by atoms with van der Waals surface area (Å²) in [4.78, 5) is 66.9. The van der Waals surface area contributed by atoms with Gasteiger partial charge in [-0.1, -0.05) is 46.3 Å². The van der Waals surface area contributed by atoms with Gasteiger partial charge in [0.1, 0.15) is 0 Å². The fourth-order valence-corrected chi connectivity index (χ4v) is 9.81. The minimum atomic E-state index is -4.49. The van der Waals surface area contributed by atoms with Gasteiger partial charge in [-0.3, -0.25) is 32.8 Å². The molecule has 21 nitrogen and oxygen atoms in total. The molecular weight excluding hydrogens is 905 g/mol.